The van der Waals surface area contributed by atoms with Crippen molar-refractivity contribution in [3.05, 3.63) is 16.7 Å². The van der Waals surface area contributed by atoms with Gasteiger partial charge in [-0.25, -0.2) is 4.98 Å². The number of rotatable bonds is 4. The lowest BCUT2D eigenvalue weighted by Gasteiger charge is -2.17. The Morgan fingerprint density at radius 2 is 2.13 bits per heavy atom. The highest BCUT2D eigenvalue weighted by atomic mass is 79.9. The zero-order valence-corrected chi connectivity index (χ0v) is 11.0. The lowest BCUT2D eigenvalue weighted by molar-refractivity contribution is 0.538. The second-order valence-electron chi connectivity index (χ2n) is 4.27. The molecule has 1 unspecified atom stereocenters. The number of nitrogens with two attached hydrogens (primary N) is 1. The van der Waals surface area contributed by atoms with Crippen molar-refractivity contribution in [2.45, 2.75) is 33.2 Å². The van der Waals surface area contributed by atoms with Crippen molar-refractivity contribution in [3.8, 4) is 0 Å². The number of aromatic nitrogens is 1. The highest BCUT2D eigenvalue weighted by Gasteiger charge is 2.08. The van der Waals surface area contributed by atoms with Gasteiger partial charge < -0.3 is 11.1 Å². The Morgan fingerprint density at radius 3 is 2.67 bits per heavy atom. The lowest BCUT2D eigenvalue weighted by Crippen LogP contribution is -2.18. The van der Waals surface area contributed by atoms with E-state index in [4.69, 9.17) is 5.73 Å². The van der Waals surface area contributed by atoms with E-state index in [9.17, 15) is 0 Å². The molecule has 0 saturated heterocycles. The van der Waals surface area contributed by atoms with Gasteiger partial charge in [0.2, 0.25) is 0 Å². The fourth-order valence-electron chi connectivity index (χ4n) is 1.56. The van der Waals surface area contributed by atoms with Gasteiger partial charge in [0, 0.05) is 6.04 Å². The molecule has 0 bridgehead atoms. The number of hydrogen-bond acceptors (Lipinski definition) is 3. The van der Waals surface area contributed by atoms with E-state index in [0.29, 0.717) is 17.6 Å². The van der Waals surface area contributed by atoms with Crippen molar-refractivity contribution in [2.24, 2.45) is 5.92 Å². The van der Waals surface area contributed by atoms with Gasteiger partial charge in [-0.2, -0.15) is 0 Å². The summed E-state index contributed by atoms with van der Waals surface area (Å²) in [7, 11) is 0. The van der Waals surface area contributed by atoms with E-state index in [1.807, 2.05) is 6.07 Å². The molecule has 3 nitrogen and oxygen atoms in total. The summed E-state index contributed by atoms with van der Waals surface area (Å²) < 4.78 is 0.915. The van der Waals surface area contributed by atoms with Crippen molar-refractivity contribution < 1.29 is 0 Å². The van der Waals surface area contributed by atoms with Crippen LogP contribution in [0.25, 0.3) is 0 Å². The van der Waals surface area contributed by atoms with Gasteiger partial charge in [0.1, 0.15) is 5.82 Å². The Balaban J connectivity index is 2.64. The molecule has 15 heavy (non-hydrogen) atoms. The predicted molar refractivity (Wildman–Crippen MR) is 68.9 cm³/mol. The van der Waals surface area contributed by atoms with Crippen LogP contribution >= 0.6 is 15.9 Å². The SMILES string of the molecule is CC(C)CC(C)Nc1ncc(N)cc1Br. The minimum absolute atomic E-state index is 0.414. The number of nitrogens with one attached hydrogen (secondary N) is 1. The summed E-state index contributed by atoms with van der Waals surface area (Å²) in [5.41, 5.74) is 6.29. The molecule has 0 aliphatic rings. The fraction of sp³-hybridized carbons (Fsp3) is 0.545. The number of anilines is 2. The van der Waals surface area contributed by atoms with Crippen LogP contribution in [-0.4, -0.2) is 11.0 Å². The van der Waals surface area contributed by atoms with E-state index >= 15 is 0 Å². The Bertz CT molecular complexity index is 326. The summed E-state index contributed by atoms with van der Waals surface area (Å²) in [6.45, 7) is 6.58. The van der Waals surface area contributed by atoms with Gasteiger partial charge in [-0.1, -0.05) is 13.8 Å². The van der Waals surface area contributed by atoms with Gasteiger partial charge in [-0.3, -0.25) is 0 Å². The summed E-state index contributed by atoms with van der Waals surface area (Å²) in [5.74, 6) is 1.54. The van der Waals surface area contributed by atoms with E-state index in [1.54, 1.807) is 6.20 Å². The molecule has 1 atom stereocenters. The normalized spacial score (nSPS) is 12.9. The predicted octanol–water partition coefficient (Wildman–Crippen LogP) is 3.27. The maximum absolute atomic E-state index is 5.62. The highest BCUT2D eigenvalue weighted by Crippen LogP contribution is 2.23. The van der Waals surface area contributed by atoms with Gasteiger partial charge in [0.15, 0.2) is 0 Å². The molecule has 0 fully saturated rings. The molecule has 3 N–H and O–H groups in total. The first kappa shape index (κ1) is 12.3. The van der Waals surface area contributed by atoms with Crippen LogP contribution in [-0.2, 0) is 0 Å². The molecule has 0 aromatic carbocycles. The molecule has 0 saturated carbocycles. The zero-order chi connectivity index (χ0) is 11.4. The first-order valence-corrected chi connectivity index (χ1v) is 5.96. The molecular formula is C11H18BrN3. The number of hydrogen-bond donors (Lipinski definition) is 2. The summed E-state index contributed by atoms with van der Waals surface area (Å²) >= 11 is 3.44. The van der Waals surface area contributed by atoms with Crippen LogP contribution in [0, 0.1) is 5.92 Å². The van der Waals surface area contributed by atoms with Crippen LogP contribution in [0.5, 0.6) is 0 Å². The Morgan fingerprint density at radius 1 is 1.47 bits per heavy atom. The molecule has 0 radical (unpaired) electrons. The quantitative estimate of drug-likeness (QED) is 0.884. The molecule has 4 heteroatoms. The van der Waals surface area contributed by atoms with Gasteiger partial charge >= 0.3 is 0 Å². The van der Waals surface area contributed by atoms with Gasteiger partial charge in [0.25, 0.3) is 0 Å². The molecule has 1 aromatic rings. The van der Waals surface area contributed by atoms with Crippen molar-refractivity contribution in [1.29, 1.82) is 0 Å². The number of halogens is 1. The van der Waals surface area contributed by atoms with Gasteiger partial charge in [0.05, 0.1) is 16.4 Å². The molecule has 0 aliphatic carbocycles. The summed E-state index contributed by atoms with van der Waals surface area (Å²) in [4.78, 5) is 4.24. The largest absolute Gasteiger partial charge is 0.397 e. The maximum Gasteiger partial charge on any atom is 0.140 e. The summed E-state index contributed by atoms with van der Waals surface area (Å²) in [6.07, 6.45) is 2.79. The van der Waals surface area contributed by atoms with Gasteiger partial charge in [-0.05, 0) is 41.3 Å². The second kappa shape index (κ2) is 5.35. The topological polar surface area (TPSA) is 50.9 Å². The van der Waals surface area contributed by atoms with E-state index < -0.39 is 0 Å². The molecular weight excluding hydrogens is 254 g/mol. The monoisotopic (exact) mass is 271 g/mol. The highest BCUT2D eigenvalue weighted by molar-refractivity contribution is 9.10. The van der Waals surface area contributed by atoms with E-state index in [1.165, 1.54) is 0 Å². The molecule has 0 spiro atoms. The molecule has 1 heterocycles. The van der Waals surface area contributed by atoms with Crippen molar-refractivity contribution in [2.75, 3.05) is 11.1 Å². The van der Waals surface area contributed by atoms with Gasteiger partial charge in [-0.15, -0.1) is 0 Å². The van der Waals surface area contributed by atoms with Crippen molar-refractivity contribution in [1.82, 2.24) is 4.98 Å². The molecule has 1 rings (SSSR count). The second-order valence-corrected chi connectivity index (χ2v) is 5.13. The van der Waals surface area contributed by atoms with Crippen LogP contribution in [0.4, 0.5) is 11.5 Å². The van der Waals surface area contributed by atoms with Crippen LogP contribution in [0.1, 0.15) is 27.2 Å². The zero-order valence-electron chi connectivity index (χ0n) is 9.42. The third kappa shape index (κ3) is 4.08. The number of pyridine rings is 1. The standard InChI is InChI=1S/C11H18BrN3/c1-7(2)4-8(3)15-11-10(12)5-9(13)6-14-11/h5-8H,4,13H2,1-3H3,(H,14,15). The maximum atomic E-state index is 5.62. The Labute approximate surface area is 99.6 Å². The molecule has 0 aliphatic heterocycles. The minimum Gasteiger partial charge on any atom is -0.397 e. The third-order valence-corrected chi connectivity index (χ3v) is 2.67. The Hall–Kier alpha value is -0.770. The van der Waals surface area contributed by atoms with Crippen LogP contribution in [0.3, 0.4) is 0 Å². The smallest absolute Gasteiger partial charge is 0.140 e. The van der Waals surface area contributed by atoms with Crippen LogP contribution in [0.15, 0.2) is 16.7 Å². The van der Waals surface area contributed by atoms with E-state index in [2.05, 4.69) is 47.0 Å². The average molecular weight is 272 g/mol. The molecule has 0 amide bonds. The fourth-order valence-corrected chi connectivity index (χ4v) is 2.04. The van der Waals surface area contributed by atoms with Crippen LogP contribution < -0.4 is 11.1 Å². The van der Waals surface area contributed by atoms with Crippen LogP contribution in [0.2, 0.25) is 0 Å². The Kier molecular flexibility index (Phi) is 4.39. The minimum atomic E-state index is 0.414. The summed E-state index contributed by atoms with van der Waals surface area (Å²) in [5, 5.41) is 3.36. The van der Waals surface area contributed by atoms with Crippen molar-refractivity contribution >= 4 is 27.4 Å². The number of nitrogens with zero attached hydrogens (tertiary/aromatic N) is 1. The number of nitrogen functional groups attached to an aromatic ring is 1. The van der Waals surface area contributed by atoms with E-state index in [-0.39, 0.29) is 0 Å². The summed E-state index contributed by atoms with van der Waals surface area (Å²) in [6, 6.07) is 2.27. The first-order chi connectivity index (χ1) is 6.99. The first-order valence-electron chi connectivity index (χ1n) is 5.16. The molecule has 84 valence electrons. The van der Waals surface area contributed by atoms with Crippen molar-refractivity contribution in [3.63, 3.8) is 0 Å². The van der Waals surface area contributed by atoms with E-state index in [0.717, 1.165) is 16.7 Å². The molecule has 1 aromatic heterocycles. The average Bonchev–Trinajstić information content (AvgIpc) is 2.08. The lowest BCUT2D eigenvalue weighted by atomic mass is 10.1. The third-order valence-electron chi connectivity index (χ3n) is 2.07.